The summed E-state index contributed by atoms with van der Waals surface area (Å²) in [4.78, 5) is 20.7. The number of allylic oxidation sites excluding steroid dienone is 5. The van der Waals surface area contributed by atoms with Gasteiger partial charge in [-0.05, 0) is 44.6 Å². The number of hydrogen-bond donors (Lipinski definition) is 0. The second kappa shape index (κ2) is 15.7. The average Bonchev–Trinajstić information content (AvgIpc) is 2.50. The van der Waals surface area contributed by atoms with Gasteiger partial charge in [-0.2, -0.15) is 0 Å². The number of nitrogens with zero attached hydrogens (tertiary/aromatic N) is 1. The first kappa shape index (κ1) is 20.3. The summed E-state index contributed by atoms with van der Waals surface area (Å²) in [5.74, 6) is 0. The molecule has 0 aliphatic heterocycles. The van der Waals surface area contributed by atoms with Crippen LogP contribution < -0.4 is 0 Å². The molecule has 0 bridgehead atoms. The van der Waals surface area contributed by atoms with E-state index in [2.05, 4.69) is 6.92 Å². The van der Waals surface area contributed by atoms with Crippen molar-refractivity contribution in [2.45, 2.75) is 71.1 Å². The number of carbonyl (C=O) groups excluding carboxylic acids is 1. The van der Waals surface area contributed by atoms with Crippen LogP contribution in [-0.2, 0) is 4.79 Å². The lowest BCUT2D eigenvalue weighted by molar-refractivity contribution is -0.427. The van der Waals surface area contributed by atoms with Gasteiger partial charge in [-0.15, -0.1) is 0 Å². The molecule has 0 aliphatic rings. The summed E-state index contributed by atoms with van der Waals surface area (Å²) in [5.41, 5.74) is 0.256. The smallest absolute Gasteiger partial charge is 0.246 e. The van der Waals surface area contributed by atoms with Gasteiger partial charge in [0.2, 0.25) is 5.70 Å². The van der Waals surface area contributed by atoms with Crippen molar-refractivity contribution in [3.8, 4) is 0 Å². The average molecular weight is 306 g/mol. The largest absolute Gasteiger partial charge is 0.291 e. The monoisotopic (exact) mass is 306 g/mol. The highest BCUT2D eigenvalue weighted by Gasteiger charge is 2.06. The molecule has 4 heteroatoms. The van der Waals surface area contributed by atoms with Gasteiger partial charge in [0.05, 0.1) is 11.3 Å². The van der Waals surface area contributed by atoms with E-state index in [1.165, 1.54) is 12.8 Å². The lowest BCUT2D eigenvalue weighted by atomic mass is 10.1. The fraction of sp³-hybridized carbons (Fsp3) is 0.611. The van der Waals surface area contributed by atoms with Crippen molar-refractivity contribution in [3.05, 3.63) is 46.2 Å². The predicted molar refractivity (Wildman–Crippen MR) is 90.9 cm³/mol. The van der Waals surface area contributed by atoms with Crippen LogP contribution in [0.25, 0.3) is 0 Å². The van der Waals surface area contributed by atoms with Crippen molar-refractivity contribution in [3.63, 3.8) is 0 Å². The number of nitro groups is 1. The molecule has 0 fully saturated rings. The van der Waals surface area contributed by atoms with Crippen molar-refractivity contribution >= 4 is 6.29 Å². The second-order valence-electron chi connectivity index (χ2n) is 5.22. The van der Waals surface area contributed by atoms with Crippen molar-refractivity contribution in [1.29, 1.82) is 0 Å². The minimum atomic E-state index is -0.301. The minimum absolute atomic E-state index is 0.256. The van der Waals surface area contributed by atoms with E-state index in [1.807, 2.05) is 30.6 Å². The van der Waals surface area contributed by atoms with Crippen LogP contribution in [0.3, 0.4) is 0 Å². The molecule has 123 valence electrons. The highest BCUT2D eigenvalue weighted by molar-refractivity contribution is 5.50. The molecule has 0 aromatic rings. The molecule has 0 spiro atoms. The topological polar surface area (TPSA) is 60.2 Å². The maximum absolute atomic E-state index is 10.9. The molecule has 0 atom stereocenters. The van der Waals surface area contributed by atoms with E-state index in [9.17, 15) is 14.9 Å². The Morgan fingerprint density at radius 2 is 1.73 bits per heavy atom. The molecule has 1 radical (unpaired) electrons. The van der Waals surface area contributed by atoms with Crippen LogP contribution in [0.2, 0.25) is 0 Å². The summed E-state index contributed by atoms with van der Waals surface area (Å²) >= 11 is 0. The molecule has 0 saturated carbocycles. The minimum Gasteiger partial charge on any atom is -0.291 e. The maximum Gasteiger partial charge on any atom is 0.246 e. The lowest BCUT2D eigenvalue weighted by Crippen LogP contribution is -1.97. The number of hydrogen-bond acceptors (Lipinski definition) is 3. The summed E-state index contributed by atoms with van der Waals surface area (Å²) in [5, 5.41) is 10.9. The van der Waals surface area contributed by atoms with Crippen LogP contribution in [0.4, 0.5) is 0 Å². The molecule has 22 heavy (non-hydrogen) atoms. The lowest BCUT2D eigenvalue weighted by Gasteiger charge is -1.95. The zero-order valence-corrected chi connectivity index (χ0v) is 13.6. The van der Waals surface area contributed by atoms with Gasteiger partial charge >= 0.3 is 0 Å². The third-order valence-electron chi connectivity index (χ3n) is 3.26. The van der Waals surface area contributed by atoms with Crippen LogP contribution in [-0.4, -0.2) is 11.2 Å². The van der Waals surface area contributed by atoms with E-state index < -0.39 is 0 Å². The summed E-state index contributed by atoms with van der Waals surface area (Å²) in [6, 6.07) is 0. The predicted octanol–water partition coefficient (Wildman–Crippen LogP) is 5.29. The standard InChI is InChI=1S/C18H28NO3/c1-2-3-4-5-9-12-15-18(19(21)22)16-13-10-7-6-8-11-14-17-20/h7,9-10,12,16H,2-6,8,11,13-15H2,1H3/b10-7-,12-9-,18-16+. The summed E-state index contributed by atoms with van der Waals surface area (Å²) < 4.78 is 0. The highest BCUT2D eigenvalue weighted by atomic mass is 16.6. The van der Waals surface area contributed by atoms with Crippen molar-refractivity contribution in [2.75, 3.05) is 0 Å². The van der Waals surface area contributed by atoms with E-state index in [1.54, 1.807) is 6.08 Å². The first-order chi connectivity index (χ1) is 10.7. The van der Waals surface area contributed by atoms with Crippen LogP contribution in [0.5, 0.6) is 0 Å². The fourth-order valence-electron chi connectivity index (χ4n) is 1.94. The molecule has 0 unspecified atom stereocenters. The summed E-state index contributed by atoms with van der Waals surface area (Å²) in [6.07, 6.45) is 20.1. The zero-order valence-electron chi connectivity index (χ0n) is 13.6. The zero-order chi connectivity index (χ0) is 16.5. The third kappa shape index (κ3) is 13.3. The van der Waals surface area contributed by atoms with Crippen molar-refractivity contribution < 1.29 is 9.72 Å². The van der Waals surface area contributed by atoms with Crippen LogP contribution in [0, 0.1) is 10.1 Å². The summed E-state index contributed by atoms with van der Waals surface area (Å²) in [6.45, 7) is 2.16. The molecule has 0 saturated heterocycles. The molecule has 0 N–H and O–H groups in total. The molecular weight excluding hydrogens is 278 g/mol. The van der Waals surface area contributed by atoms with Gasteiger partial charge in [-0.1, -0.05) is 44.1 Å². The van der Waals surface area contributed by atoms with Gasteiger partial charge in [-0.25, -0.2) is 0 Å². The van der Waals surface area contributed by atoms with E-state index in [0.29, 0.717) is 19.3 Å². The van der Waals surface area contributed by atoms with Crippen LogP contribution >= 0.6 is 0 Å². The van der Waals surface area contributed by atoms with Gasteiger partial charge in [0, 0.05) is 6.42 Å². The molecule has 0 aromatic carbocycles. The Morgan fingerprint density at radius 3 is 2.36 bits per heavy atom. The molecule has 4 nitrogen and oxygen atoms in total. The Morgan fingerprint density at radius 1 is 1.05 bits per heavy atom. The maximum atomic E-state index is 10.9. The van der Waals surface area contributed by atoms with E-state index in [0.717, 1.165) is 32.1 Å². The van der Waals surface area contributed by atoms with E-state index >= 15 is 0 Å². The first-order valence-electron chi connectivity index (χ1n) is 8.20. The van der Waals surface area contributed by atoms with Crippen LogP contribution in [0.15, 0.2) is 36.1 Å². The fourth-order valence-corrected chi connectivity index (χ4v) is 1.94. The summed E-state index contributed by atoms with van der Waals surface area (Å²) in [7, 11) is 0. The van der Waals surface area contributed by atoms with Crippen molar-refractivity contribution in [2.24, 2.45) is 0 Å². The van der Waals surface area contributed by atoms with Gasteiger partial charge in [0.1, 0.15) is 0 Å². The second-order valence-corrected chi connectivity index (χ2v) is 5.22. The first-order valence-corrected chi connectivity index (χ1v) is 8.20. The number of unbranched alkanes of at least 4 members (excludes halogenated alkanes) is 6. The molecule has 0 rings (SSSR count). The highest BCUT2D eigenvalue weighted by Crippen LogP contribution is 2.08. The third-order valence-corrected chi connectivity index (χ3v) is 3.26. The van der Waals surface area contributed by atoms with Crippen LogP contribution in [0.1, 0.15) is 71.1 Å². The Bertz CT molecular complexity index is 384. The molecule has 0 amide bonds. The molecular formula is C18H28NO3. The number of rotatable bonds is 14. The Balaban J connectivity index is 3.97. The quantitative estimate of drug-likeness (QED) is 0.189. The Kier molecular flexibility index (Phi) is 14.5. The Labute approximate surface area is 134 Å². The normalized spacial score (nSPS) is 12.3. The SMILES string of the molecule is CCCCC/C=C\C/C(=C\C/C=C\CCCC[C]=O)[N+](=O)[O-]. The van der Waals surface area contributed by atoms with Gasteiger partial charge in [-0.3, -0.25) is 14.9 Å². The van der Waals surface area contributed by atoms with Gasteiger partial charge in [0.15, 0.2) is 6.29 Å². The Hall–Kier alpha value is -1.71. The molecule has 0 heterocycles. The van der Waals surface area contributed by atoms with E-state index in [-0.39, 0.29) is 10.6 Å². The molecule has 0 aliphatic carbocycles. The van der Waals surface area contributed by atoms with E-state index in [4.69, 9.17) is 0 Å². The van der Waals surface area contributed by atoms with Gasteiger partial charge in [0.25, 0.3) is 0 Å². The molecule has 0 aromatic heterocycles. The van der Waals surface area contributed by atoms with Gasteiger partial charge < -0.3 is 0 Å². The van der Waals surface area contributed by atoms with Crippen molar-refractivity contribution in [1.82, 2.24) is 0 Å².